The van der Waals surface area contributed by atoms with Crippen LogP contribution in [0.2, 0.25) is 0 Å². The standard InChI is InChI=1S/C17H14FN5O2/c1-25-16(24)13-4-2-3-5-14(13)21-15-10-19-23-17(22-15)20-12-8-6-11(18)7-9-12/h2-10H,1H3,(H2,20,21,22,23). The summed E-state index contributed by atoms with van der Waals surface area (Å²) in [5.74, 6) is -0.183. The Kier molecular flexibility index (Phi) is 4.79. The molecular weight excluding hydrogens is 325 g/mol. The Bertz CT molecular complexity index is 886. The summed E-state index contributed by atoms with van der Waals surface area (Å²) in [4.78, 5) is 16.1. The summed E-state index contributed by atoms with van der Waals surface area (Å²) in [6.07, 6.45) is 1.42. The number of methoxy groups -OCH3 is 1. The SMILES string of the molecule is COC(=O)c1ccccc1Nc1cnnc(Nc2ccc(F)cc2)n1. The highest BCUT2D eigenvalue weighted by Gasteiger charge is 2.12. The predicted molar refractivity (Wildman–Crippen MR) is 90.6 cm³/mol. The van der Waals surface area contributed by atoms with Crippen molar-refractivity contribution in [1.82, 2.24) is 15.2 Å². The fourth-order valence-corrected chi connectivity index (χ4v) is 2.10. The fourth-order valence-electron chi connectivity index (χ4n) is 2.10. The van der Waals surface area contributed by atoms with Crippen molar-refractivity contribution >= 4 is 29.1 Å². The van der Waals surface area contributed by atoms with Gasteiger partial charge in [-0.1, -0.05) is 12.1 Å². The van der Waals surface area contributed by atoms with Crippen molar-refractivity contribution in [2.24, 2.45) is 0 Å². The molecule has 2 N–H and O–H groups in total. The molecule has 0 saturated carbocycles. The topological polar surface area (TPSA) is 89.0 Å². The summed E-state index contributed by atoms with van der Waals surface area (Å²) in [7, 11) is 1.32. The van der Waals surface area contributed by atoms with Gasteiger partial charge in [-0.3, -0.25) is 0 Å². The van der Waals surface area contributed by atoms with Gasteiger partial charge in [-0.05, 0) is 36.4 Å². The lowest BCUT2D eigenvalue weighted by Crippen LogP contribution is -2.07. The van der Waals surface area contributed by atoms with E-state index >= 15 is 0 Å². The van der Waals surface area contributed by atoms with Gasteiger partial charge in [0.2, 0.25) is 5.95 Å². The van der Waals surface area contributed by atoms with E-state index in [1.165, 1.54) is 25.4 Å². The Labute approximate surface area is 142 Å². The lowest BCUT2D eigenvalue weighted by atomic mass is 10.2. The number of nitrogens with one attached hydrogen (secondary N) is 2. The maximum atomic E-state index is 12.9. The summed E-state index contributed by atoms with van der Waals surface area (Å²) in [5.41, 5.74) is 1.52. The molecule has 0 amide bonds. The van der Waals surface area contributed by atoms with Crippen LogP contribution in [0.1, 0.15) is 10.4 Å². The molecule has 126 valence electrons. The number of esters is 1. The van der Waals surface area contributed by atoms with E-state index in [0.29, 0.717) is 22.8 Å². The number of rotatable bonds is 5. The summed E-state index contributed by atoms with van der Waals surface area (Å²) in [6, 6.07) is 12.6. The molecule has 8 heteroatoms. The molecule has 0 aliphatic rings. The maximum Gasteiger partial charge on any atom is 0.339 e. The molecule has 2 aromatic carbocycles. The largest absolute Gasteiger partial charge is 0.465 e. The number of ether oxygens (including phenoxy) is 1. The van der Waals surface area contributed by atoms with Gasteiger partial charge in [0.15, 0.2) is 5.82 Å². The third kappa shape index (κ3) is 4.05. The van der Waals surface area contributed by atoms with E-state index in [4.69, 9.17) is 4.74 Å². The van der Waals surface area contributed by atoms with Gasteiger partial charge in [0, 0.05) is 5.69 Å². The van der Waals surface area contributed by atoms with E-state index in [1.807, 2.05) is 0 Å². The van der Waals surface area contributed by atoms with Crippen molar-refractivity contribution in [1.29, 1.82) is 0 Å². The molecule has 7 nitrogen and oxygen atoms in total. The molecule has 0 aliphatic carbocycles. The van der Waals surface area contributed by atoms with Crippen molar-refractivity contribution in [2.45, 2.75) is 0 Å². The van der Waals surface area contributed by atoms with E-state index in [2.05, 4.69) is 25.8 Å². The Hall–Kier alpha value is -3.55. The number of benzene rings is 2. The molecule has 1 aromatic heterocycles. The molecule has 0 fully saturated rings. The number of halogens is 1. The smallest absolute Gasteiger partial charge is 0.339 e. The highest BCUT2D eigenvalue weighted by molar-refractivity contribution is 5.96. The van der Waals surface area contributed by atoms with Gasteiger partial charge in [-0.2, -0.15) is 10.1 Å². The Morgan fingerprint density at radius 1 is 1.08 bits per heavy atom. The van der Waals surface area contributed by atoms with Crippen molar-refractivity contribution in [2.75, 3.05) is 17.7 Å². The second-order valence-corrected chi connectivity index (χ2v) is 4.96. The third-order valence-corrected chi connectivity index (χ3v) is 3.25. The summed E-state index contributed by atoms with van der Waals surface area (Å²) in [6.45, 7) is 0. The van der Waals surface area contributed by atoms with Crippen LogP contribution in [0.5, 0.6) is 0 Å². The van der Waals surface area contributed by atoms with Crippen LogP contribution >= 0.6 is 0 Å². The van der Waals surface area contributed by atoms with E-state index in [9.17, 15) is 9.18 Å². The summed E-state index contributed by atoms with van der Waals surface area (Å²) < 4.78 is 17.7. The third-order valence-electron chi connectivity index (χ3n) is 3.25. The highest BCUT2D eigenvalue weighted by atomic mass is 19.1. The van der Waals surface area contributed by atoms with Crippen molar-refractivity contribution < 1.29 is 13.9 Å². The van der Waals surface area contributed by atoms with Gasteiger partial charge in [-0.25, -0.2) is 9.18 Å². The summed E-state index contributed by atoms with van der Waals surface area (Å²) >= 11 is 0. The minimum Gasteiger partial charge on any atom is -0.465 e. The summed E-state index contributed by atoms with van der Waals surface area (Å²) in [5, 5.41) is 13.7. The molecule has 1 heterocycles. The maximum absolute atomic E-state index is 12.9. The van der Waals surface area contributed by atoms with Crippen LogP contribution < -0.4 is 10.6 Å². The Morgan fingerprint density at radius 3 is 2.60 bits per heavy atom. The molecule has 0 bridgehead atoms. The van der Waals surface area contributed by atoms with Crippen molar-refractivity contribution in [3.05, 3.63) is 66.1 Å². The first kappa shape index (κ1) is 16.3. The second kappa shape index (κ2) is 7.35. The Morgan fingerprint density at radius 2 is 1.84 bits per heavy atom. The zero-order chi connectivity index (χ0) is 17.6. The lowest BCUT2D eigenvalue weighted by Gasteiger charge is -2.10. The number of carbonyl (C=O) groups excluding carboxylic acids is 1. The van der Waals surface area contributed by atoms with Crippen molar-refractivity contribution in [3.63, 3.8) is 0 Å². The van der Waals surface area contributed by atoms with E-state index < -0.39 is 5.97 Å². The van der Waals surface area contributed by atoms with Crippen LogP contribution in [-0.2, 0) is 4.74 Å². The van der Waals surface area contributed by atoms with E-state index in [1.54, 1.807) is 36.4 Å². The van der Waals surface area contributed by atoms with E-state index in [0.717, 1.165) is 0 Å². The van der Waals surface area contributed by atoms with E-state index in [-0.39, 0.29) is 11.8 Å². The van der Waals surface area contributed by atoms with Crippen LogP contribution in [-0.4, -0.2) is 28.3 Å². The van der Waals surface area contributed by atoms with Crippen LogP contribution in [0.15, 0.2) is 54.7 Å². The average Bonchev–Trinajstić information content (AvgIpc) is 2.64. The van der Waals surface area contributed by atoms with Gasteiger partial charge >= 0.3 is 5.97 Å². The first-order valence-corrected chi connectivity index (χ1v) is 7.32. The number of hydrogen-bond acceptors (Lipinski definition) is 7. The molecule has 0 saturated heterocycles. The number of para-hydroxylation sites is 1. The van der Waals surface area contributed by atoms with Crippen LogP contribution in [0.3, 0.4) is 0 Å². The first-order chi connectivity index (χ1) is 12.2. The van der Waals surface area contributed by atoms with Gasteiger partial charge < -0.3 is 15.4 Å². The van der Waals surface area contributed by atoms with Crippen molar-refractivity contribution in [3.8, 4) is 0 Å². The minimum atomic E-state index is -0.463. The normalized spacial score (nSPS) is 10.2. The van der Waals surface area contributed by atoms with Gasteiger partial charge in [-0.15, -0.1) is 5.10 Å². The van der Waals surface area contributed by atoms with Gasteiger partial charge in [0.1, 0.15) is 5.82 Å². The van der Waals surface area contributed by atoms with Crippen LogP contribution in [0, 0.1) is 5.82 Å². The Balaban J connectivity index is 1.81. The molecule has 25 heavy (non-hydrogen) atoms. The van der Waals surface area contributed by atoms with Crippen LogP contribution in [0.25, 0.3) is 0 Å². The number of hydrogen-bond donors (Lipinski definition) is 2. The molecule has 0 aliphatic heterocycles. The molecule has 0 radical (unpaired) electrons. The molecule has 0 unspecified atom stereocenters. The molecular formula is C17H14FN5O2. The predicted octanol–water partition coefficient (Wildman–Crippen LogP) is 3.28. The second-order valence-electron chi connectivity index (χ2n) is 4.96. The van der Waals surface area contributed by atoms with Gasteiger partial charge in [0.05, 0.1) is 24.6 Å². The average molecular weight is 339 g/mol. The quantitative estimate of drug-likeness (QED) is 0.690. The molecule has 3 aromatic rings. The molecule has 0 spiro atoms. The first-order valence-electron chi connectivity index (χ1n) is 7.32. The van der Waals surface area contributed by atoms with Crippen LogP contribution in [0.4, 0.5) is 27.5 Å². The zero-order valence-corrected chi connectivity index (χ0v) is 13.2. The number of aromatic nitrogens is 3. The highest BCUT2D eigenvalue weighted by Crippen LogP contribution is 2.21. The van der Waals surface area contributed by atoms with Gasteiger partial charge in [0.25, 0.3) is 0 Å². The molecule has 3 rings (SSSR count). The number of nitrogens with zero attached hydrogens (tertiary/aromatic N) is 3. The molecule has 0 atom stereocenters. The lowest BCUT2D eigenvalue weighted by molar-refractivity contribution is 0.0602. The monoisotopic (exact) mass is 339 g/mol. The zero-order valence-electron chi connectivity index (χ0n) is 13.2. The fraction of sp³-hybridized carbons (Fsp3) is 0.0588. The number of anilines is 4. The number of carbonyl (C=O) groups is 1. The minimum absolute atomic E-state index is 0.229.